The van der Waals surface area contributed by atoms with E-state index in [9.17, 15) is 9.59 Å². The molecule has 188 valence electrons. The average Bonchev–Trinajstić information content (AvgIpc) is 3.40. The summed E-state index contributed by atoms with van der Waals surface area (Å²) < 4.78 is 2.10. The molecule has 6 rings (SSSR count). The van der Waals surface area contributed by atoms with E-state index in [1.165, 1.54) is 0 Å². The van der Waals surface area contributed by atoms with Crippen LogP contribution in [0.25, 0.3) is 10.9 Å². The minimum atomic E-state index is -0.609. The van der Waals surface area contributed by atoms with Crippen molar-refractivity contribution in [2.75, 3.05) is 31.7 Å². The summed E-state index contributed by atoms with van der Waals surface area (Å²) in [5, 5.41) is 1.54. The van der Waals surface area contributed by atoms with Crippen LogP contribution in [0, 0.1) is 0 Å². The summed E-state index contributed by atoms with van der Waals surface area (Å²) in [5.74, 6) is 0.136. The number of nitrogens with zero attached hydrogens (tertiary/aromatic N) is 4. The Bertz CT molecular complexity index is 1460. The third-order valence-electron chi connectivity index (χ3n) is 7.83. The number of fused-ring (bicyclic) bond motifs is 1. The number of hydrogen-bond acceptors (Lipinski definition) is 3. The zero-order valence-corrected chi connectivity index (χ0v) is 21.6. The molecule has 0 bridgehead atoms. The zero-order chi connectivity index (χ0) is 25.6. The van der Waals surface area contributed by atoms with Crippen molar-refractivity contribution in [2.24, 2.45) is 0 Å². The van der Waals surface area contributed by atoms with Crippen molar-refractivity contribution in [2.45, 2.75) is 24.9 Å². The molecule has 4 aromatic rings. The highest BCUT2D eigenvalue weighted by Gasteiger charge is 2.53. The van der Waals surface area contributed by atoms with E-state index in [1.54, 1.807) is 4.90 Å². The Balaban J connectivity index is 1.28. The lowest BCUT2D eigenvalue weighted by atomic mass is 9.85. The smallest absolute Gasteiger partial charge is 0.256 e. The van der Waals surface area contributed by atoms with Gasteiger partial charge in [0, 0.05) is 49.0 Å². The topological polar surface area (TPSA) is 48.8 Å². The van der Waals surface area contributed by atoms with Crippen LogP contribution in [0.2, 0.25) is 5.02 Å². The summed E-state index contributed by atoms with van der Waals surface area (Å²) in [4.78, 5) is 33.1. The molecule has 0 aliphatic carbocycles. The zero-order valence-electron chi connectivity index (χ0n) is 20.8. The molecule has 1 spiro atoms. The first-order chi connectivity index (χ1) is 18.0. The standard InChI is InChI=1S/C30H29ClN4O2/c1-32-21-35(24-10-6-3-7-11-24)30(29(32)37)14-16-33(17-15-30)28(36)26-20-34(19-22-8-4-2-5-9-22)27-18-23(31)12-13-25(26)27/h2-13,18,20H,14-17,19,21H2,1H3. The van der Waals surface area contributed by atoms with Gasteiger partial charge in [0.15, 0.2) is 0 Å². The summed E-state index contributed by atoms with van der Waals surface area (Å²) in [6.07, 6.45) is 3.15. The lowest BCUT2D eigenvalue weighted by Gasteiger charge is -2.43. The summed E-state index contributed by atoms with van der Waals surface area (Å²) in [6.45, 7) is 2.27. The molecule has 1 aromatic heterocycles. The van der Waals surface area contributed by atoms with Gasteiger partial charge in [0.2, 0.25) is 5.91 Å². The molecule has 2 saturated heterocycles. The minimum absolute atomic E-state index is 0.000884. The molecule has 0 radical (unpaired) electrons. The number of aromatic nitrogens is 1. The number of likely N-dealkylation sites (N-methyl/N-ethyl adjacent to an activating group) is 1. The van der Waals surface area contributed by atoms with Crippen LogP contribution in [0.3, 0.4) is 0 Å². The Morgan fingerprint density at radius 1 is 0.946 bits per heavy atom. The Kier molecular flexibility index (Phi) is 5.92. The molecule has 7 heteroatoms. The Hall–Kier alpha value is -3.77. The van der Waals surface area contributed by atoms with Crippen LogP contribution in [0.15, 0.2) is 85.1 Å². The number of anilines is 1. The van der Waals surface area contributed by atoms with Gasteiger partial charge in [-0.3, -0.25) is 9.59 Å². The van der Waals surface area contributed by atoms with Crippen molar-refractivity contribution in [3.63, 3.8) is 0 Å². The highest BCUT2D eigenvalue weighted by Crippen LogP contribution is 2.39. The maximum atomic E-state index is 13.8. The number of likely N-dealkylation sites (tertiary alicyclic amines) is 1. The number of piperidine rings is 1. The fraction of sp³-hybridized carbons (Fsp3) is 0.267. The predicted octanol–water partition coefficient (Wildman–Crippen LogP) is 5.25. The Labute approximate surface area is 221 Å². The maximum absolute atomic E-state index is 13.8. The van der Waals surface area contributed by atoms with Gasteiger partial charge in [-0.15, -0.1) is 0 Å². The molecule has 0 N–H and O–H groups in total. The molecule has 2 fully saturated rings. The first kappa shape index (κ1) is 23.6. The molecular formula is C30H29ClN4O2. The van der Waals surface area contributed by atoms with Crippen molar-refractivity contribution >= 4 is 40.0 Å². The van der Waals surface area contributed by atoms with E-state index >= 15 is 0 Å². The largest absolute Gasteiger partial charge is 0.342 e. The third-order valence-corrected chi connectivity index (χ3v) is 8.07. The van der Waals surface area contributed by atoms with Crippen molar-refractivity contribution in [3.05, 3.63) is 101 Å². The molecule has 2 amide bonds. The molecule has 0 saturated carbocycles. The monoisotopic (exact) mass is 512 g/mol. The molecule has 3 aromatic carbocycles. The van der Waals surface area contributed by atoms with E-state index in [1.807, 2.05) is 72.7 Å². The summed E-state index contributed by atoms with van der Waals surface area (Å²) >= 11 is 6.34. The summed E-state index contributed by atoms with van der Waals surface area (Å²) in [5.41, 5.74) is 3.20. The SMILES string of the molecule is CN1CN(c2ccccc2)C2(CCN(C(=O)c3cn(Cc4ccccc4)c4cc(Cl)ccc34)CC2)C1=O. The number of carbonyl (C=O) groups is 2. The molecule has 37 heavy (non-hydrogen) atoms. The lowest BCUT2D eigenvalue weighted by Crippen LogP contribution is -2.57. The van der Waals surface area contributed by atoms with Gasteiger partial charge in [-0.2, -0.15) is 0 Å². The maximum Gasteiger partial charge on any atom is 0.256 e. The molecule has 0 unspecified atom stereocenters. The van der Waals surface area contributed by atoms with Crippen molar-refractivity contribution in [3.8, 4) is 0 Å². The number of carbonyl (C=O) groups excluding carboxylic acids is 2. The number of rotatable bonds is 4. The fourth-order valence-corrected chi connectivity index (χ4v) is 6.07. The molecule has 2 aliphatic rings. The first-order valence-electron chi connectivity index (χ1n) is 12.7. The number of amides is 2. The second-order valence-electron chi connectivity index (χ2n) is 10.0. The van der Waals surface area contributed by atoms with Crippen molar-refractivity contribution in [1.82, 2.24) is 14.4 Å². The van der Waals surface area contributed by atoms with Gasteiger partial charge < -0.3 is 19.3 Å². The number of para-hydroxylation sites is 1. The second-order valence-corrected chi connectivity index (χ2v) is 10.5. The molecule has 0 atom stereocenters. The average molecular weight is 513 g/mol. The van der Waals surface area contributed by atoms with Gasteiger partial charge in [0.05, 0.1) is 17.7 Å². The highest BCUT2D eigenvalue weighted by molar-refractivity contribution is 6.31. The second kappa shape index (κ2) is 9.27. The van der Waals surface area contributed by atoms with E-state index in [-0.39, 0.29) is 11.8 Å². The number of benzene rings is 3. The van der Waals surface area contributed by atoms with Gasteiger partial charge in [0.1, 0.15) is 5.54 Å². The van der Waals surface area contributed by atoms with Gasteiger partial charge in [-0.25, -0.2) is 0 Å². The predicted molar refractivity (Wildman–Crippen MR) is 147 cm³/mol. The summed E-state index contributed by atoms with van der Waals surface area (Å²) in [7, 11) is 1.86. The molecule has 2 aliphatic heterocycles. The van der Waals surface area contributed by atoms with Crippen LogP contribution in [0.5, 0.6) is 0 Å². The van der Waals surface area contributed by atoms with Crippen LogP contribution in [-0.2, 0) is 11.3 Å². The van der Waals surface area contributed by atoms with Crippen LogP contribution < -0.4 is 4.90 Å². The third kappa shape index (κ3) is 4.05. The van der Waals surface area contributed by atoms with Crippen LogP contribution in [0.1, 0.15) is 28.8 Å². The first-order valence-corrected chi connectivity index (χ1v) is 13.0. The van der Waals surface area contributed by atoms with Gasteiger partial charge in [-0.05, 0) is 42.7 Å². The fourth-order valence-electron chi connectivity index (χ4n) is 5.90. The Morgan fingerprint density at radius 2 is 1.62 bits per heavy atom. The van der Waals surface area contributed by atoms with Gasteiger partial charge in [-0.1, -0.05) is 66.2 Å². The van der Waals surface area contributed by atoms with Crippen LogP contribution >= 0.6 is 11.6 Å². The van der Waals surface area contributed by atoms with Gasteiger partial charge in [0.25, 0.3) is 5.91 Å². The number of halogens is 1. The highest BCUT2D eigenvalue weighted by atomic mass is 35.5. The quantitative estimate of drug-likeness (QED) is 0.375. The van der Waals surface area contributed by atoms with Crippen molar-refractivity contribution < 1.29 is 9.59 Å². The van der Waals surface area contributed by atoms with Crippen LogP contribution in [-0.4, -0.2) is 58.5 Å². The summed E-state index contributed by atoms with van der Waals surface area (Å²) in [6, 6.07) is 26.0. The molecular weight excluding hydrogens is 484 g/mol. The van der Waals surface area contributed by atoms with E-state index in [0.29, 0.717) is 49.7 Å². The normalized spacial score (nSPS) is 17.2. The molecule has 3 heterocycles. The molecule has 6 nitrogen and oxygen atoms in total. The lowest BCUT2D eigenvalue weighted by molar-refractivity contribution is -0.132. The van der Waals surface area contributed by atoms with Crippen LogP contribution in [0.4, 0.5) is 5.69 Å². The van der Waals surface area contributed by atoms with E-state index in [2.05, 4.69) is 33.7 Å². The van der Waals surface area contributed by atoms with Crippen molar-refractivity contribution in [1.29, 1.82) is 0 Å². The van der Waals surface area contributed by atoms with E-state index in [4.69, 9.17) is 11.6 Å². The van der Waals surface area contributed by atoms with E-state index < -0.39 is 5.54 Å². The number of hydrogen-bond donors (Lipinski definition) is 0. The van der Waals surface area contributed by atoms with Gasteiger partial charge >= 0.3 is 0 Å². The van der Waals surface area contributed by atoms with E-state index in [0.717, 1.165) is 22.2 Å². The Morgan fingerprint density at radius 3 is 2.32 bits per heavy atom. The minimum Gasteiger partial charge on any atom is -0.342 e.